The molecule has 0 saturated carbocycles. The van der Waals surface area contributed by atoms with Crippen molar-refractivity contribution < 1.29 is 0 Å². The van der Waals surface area contributed by atoms with Gasteiger partial charge in [0, 0.05) is 30.7 Å². The Morgan fingerprint density at radius 1 is 0.917 bits per heavy atom. The van der Waals surface area contributed by atoms with Crippen LogP contribution in [-0.4, -0.2) is 19.1 Å². The average molecular weight is 322 g/mol. The lowest BCUT2D eigenvalue weighted by molar-refractivity contribution is 0.454. The Hall–Kier alpha value is -1.80. The fourth-order valence-electron chi connectivity index (χ4n) is 3.60. The summed E-state index contributed by atoms with van der Waals surface area (Å²) in [7, 11) is 0. The Balaban J connectivity index is 1.79. The minimum Gasteiger partial charge on any atom is -0.369 e. The van der Waals surface area contributed by atoms with E-state index in [1.54, 1.807) is 0 Å². The van der Waals surface area contributed by atoms with E-state index in [0.29, 0.717) is 5.92 Å². The van der Waals surface area contributed by atoms with Crippen molar-refractivity contribution in [3.05, 3.63) is 65.2 Å². The second kappa shape index (κ2) is 6.60. The highest BCUT2D eigenvalue weighted by atomic mass is 15.2. The van der Waals surface area contributed by atoms with Crippen LogP contribution in [0.5, 0.6) is 0 Å². The number of piperidine rings is 1. The van der Waals surface area contributed by atoms with Gasteiger partial charge < -0.3 is 10.6 Å². The molecule has 0 radical (unpaired) electrons. The third-order valence-electron chi connectivity index (χ3n) is 5.13. The van der Waals surface area contributed by atoms with Crippen LogP contribution in [-0.2, 0) is 5.41 Å². The zero-order valence-corrected chi connectivity index (χ0v) is 15.4. The zero-order valence-electron chi connectivity index (χ0n) is 15.4. The largest absolute Gasteiger partial charge is 0.369 e. The highest BCUT2D eigenvalue weighted by Gasteiger charge is 2.26. The molecule has 2 unspecified atom stereocenters. The van der Waals surface area contributed by atoms with Crippen LogP contribution >= 0.6 is 0 Å². The van der Waals surface area contributed by atoms with Crippen LogP contribution in [0.4, 0.5) is 5.69 Å². The smallest absolute Gasteiger partial charge is 0.0367 e. The molecule has 128 valence electrons. The molecule has 0 bridgehead atoms. The van der Waals surface area contributed by atoms with Gasteiger partial charge in [0.05, 0.1) is 0 Å². The van der Waals surface area contributed by atoms with Gasteiger partial charge in [-0.15, -0.1) is 0 Å². The van der Waals surface area contributed by atoms with E-state index in [2.05, 4.69) is 81.1 Å². The number of nitrogens with two attached hydrogens (primary N) is 1. The average Bonchev–Trinajstić information content (AvgIpc) is 2.54. The van der Waals surface area contributed by atoms with Crippen LogP contribution in [0.15, 0.2) is 48.5 Å². The topological polar surface area (TPSA) is 29.3 Å². The molecule has 1 fully saturated rings. The summed E-state index contributed by atoms with van der Waals surface area (Å²) in [6, 6.07) is 18.2. The molecule has 24 heavy (non-hydrogen) atoms. The highest BCUT2D eigenvalue weighted by Crippen LogP contribution is 2.31. The summed E-state index contributed by atoms with van der Waals surface area (Å²) < 4.78 is 0. The second-order valence-corrected chi connectivity index (χ2v) is 8.31. The molecule has 1 heterocycles. The SMILES string of the molecule is Cc1ccc(C2CC(N)CN(c3ccc(C(C)(C)C)cc3)C2)cc1. The Bertz CT molecular complexity index is 665. The zero-order chi connectivity index (χ0) is 17.3. The van der Waals surface area contributed by atoms with Crippen molar-refractivity contribution in [2.45, 2.75) is 51.5 Å². The molecule has 0 aromatic heterocycles. The predicted octanol–water partition coefficient (Wildman–Crippen LogP) is 4.61. The van der Waals surface area contributed by atoms with Crippen LogP contribution < -0.4 is 10.6 Å². The molecule has 2 atom stereocenters. The fourth-order valence-corrected chi connectivity index (χ4v) is 3.60. The van der Waals surface area contributed by atoms with E-state index in [0.717, 1.165) is 19.5 Å². The first-order valence-electron chi connectivity index (χ1n) is 9.00. The molecule has 0 aliphatic carbocycles. The third kappa shape index (κ3) is 3.81. The summed E-state index contributed by atoms with van der Waals surface area (Å²) in [5.74, 6) is 0.511. The van der Waals surface area contributed by atoms with E-state index in [9.17, 15) is 0 Å². The maximum Gasteiger partial charge on any atom is 0.0367 e. The van der Waals surface area contributed by atoms with Crippen molar-refractivity contribution in [1.82, 2.24) is 0 Å². The number of nitrogens with zero attached hydrogens (tertiary/aromatic N) is 1. The minimum atomic E-state index is 0.196. The van der Waals surface area contributed by atoms with E-state index in [-0.39, 0.29) is 11.5 Å². The van der Waals surface area contributed by atoms with Crippen LogP contribution in [0.3, 0.4) is 0 Å². The van der Waals surface area contributed by atoms with Gasteiger partial charge in [0.15, 0.2) is 0 Å². The summed E-state index contributed by atoms with van der Waals surface area (Å²) in [5.41, 5.74) is 12.0. The van der Waals surface area contributed by atoms with E-state index in [1.165, 1.54) is 22.4 Å². The highest BCUT2D eigenvalue weighted by molar-refractivity contribution is 5.50. The summed E-state index contributed by atoms with van der Waals surface area (Å²) in [5, 5.41) is 0. The number of hydrogen-bond acceptors (Lipinski definition) is 2. The van der Waals surface area contributed by atoms with Gasteiger partial charge in [-0.25, -0.2) is 0 Å². The monoisotopic (exact) mass is 322 g/mol. The first-order chi connectivity index (χ1) is 11.3. The maximum absolute atomic E-state index is 6.38. The molecule has 0 spiro atoms. The summed E-state index contributed by atoms with van der Waals surface area (Å²) in [6.07, 6.45) is 1.07. The maximum atomic E-state index is 6.38. The predicted molar refractivity (Wildman–Crippen MR) is 104 cm³/mol. The second-order valence-electron chi connectivity index (χ2n) is 8.31. The van der Waals surface area contributed by atoms with E-state index < -0.39 is 0 Å². The molecule has 2 N–H and O–H groups in total. The van der Waals surface area contributed by atoms with E-state index >= 15 is 0 Å². The Kier molecular flexibility index (Phi) is 4.69. The quantitative estimate of drug-likeness (QED) is 0.874. The van der Waals surface area contributed by atoms with Crippen molar-refractivity contribution in [1.29, 1.82) is 0 Å². The Labute approximate surface area is 146 Å². The first kappa shape index (κ1) is 17.0. The molecular weight excluding hydrogens is 292 g/mol. The number of anilines is 1. The van der Waals surface area contributed by atoms with E-state index in [4.69, 9.17) is 5.73 Å². The van der Waals surface area contributed by atoms with Crippen molar-refractivity contribution in [2.75, 3.05) is 18.0 Å². The lowest BCUT2D eigenvalue weighted by atomic mass is 9.86. The molecule has 2 nitrogen and oxygen atoms in total. The molecular formula is C22H30N2. The summed E-state index contributed by atoms with van der Waals surface area (Å²) >= 11 is 0. The minimum absolute atomic E-state index is 0.196. The van der Waals surface area contributed by atoms with Crippen LogP contribution in [0.2, 0.25) is 0 Å². The normalized spacial score (nSPS) is 21.8. The van der Waals surface area contributed by atoms with Gasteiger partial charge in [0.25, 0.3) is 0 Å². The fraction of sp³-hybridized carbons (Fsp3) is 0.455. The molecule has 1 aliphatic rings. The molecule has 2 aromatic rings. The molecule has 0 amide bonds. The van der Waals surface area contributed by atoms with Crippen LogP contribution in [0.25, 0.3) is 0 Å². The Morgan fingerprint density at radius 3 is 2.12 bits per heavy atom. The van der Waals surface area contributed by atoms with Crippen LogP contribution in [0.1, 0.15) is 49.8 Å². The van der Waals surface area contributed by atoms with Gasteiger partial charge >= 0.3 is 0 Å². The molecule has 1 saturated heterocycles. The van der Waals surface area contributed by atoms with Crippen molar-refractivity contribution in [3.63, 3.8) is 0 Å². The number of rotatable bonds is 2. The summed E-state index contributed by atoms with van der Waals surface area (Å²) in [4.78, 5) is 2.45. The van der Waals surface area contributed by atoms with Crippen molar-refractivity contribution >= 4 is 5.69 Å². The van der Waals surface area contributed by atoms with Gasteiger partial charge in [-0.05, 0) is 42.0 Å². The molecule has 2 heteroatoms. The molecule has 3 rings (SSSR count). The van der Waals surface area contributed by atoms with Gasteiger partial charge in [-0.2, -0.15) is 0 Å². The van der Waals surface area contributed by atoms with Gasteiger partial charge in [-0.1, -0.05) is 62.7 Å². The lowest BCUT2D eigenvalue weighted by Gasteiger charge is -2.38. The molecule has 1 aliphatic heterocycles. The van der Waals surface area contributed by atoms with Gasteiger partial charge in [-0.3, -0.25) is 0 Å². The number of aryl methyl sites for hydroxylation is 1. The van der Waals surface area contributed by atoms with Crippen molar-refractivity contribution in [2.24, 2.45) is 5.73 Å². The van der Waals surface area contributed by atoms with Gasteiger partial charge in [0.1, 0.15) is 0 Å². The van der Waals surface area contributed by atoms with E-state index in [1.807, 2.05) is 0 Å². The Morgan fingerprint density at radius 2 is 1.54 bits per heavy atom. The number of hydrogen-bond donors (Lipinski definition) is 1. The molecule has 2 aromatic carbocycles. The summed E-state index contributed by atoms with van der Waals surface area (Å²) in [6.45, 7) is 10.9. The van der Waals surface area contributed by atoms with Crippen molar-refractivity contribution in [3.8, 4) is 0 Å². The van der Waals surface area contributed by atoms with Gasteiger partial charge in [0.2, 0.25) is 0 Å². The first-order valence-corrected chi connectivity index (χ1v) is 9.00. The van der Waals surface area contributed by atoms with Crippen LogP contribution in [0, 0.1) is 6.92 Å². The lowest BCUT2D eigenvalue weighted by Crippen LogP contribution is -2.46. The standard InChI is InChI=1S/C22H30N2/c1-16-5-7-17(8-6-16)18-13-20(23)15-24(14-18)21-11-9-19(10-12-21)22(2,3)4/h5-12,18,20H,13-15,23H2,1-4H3. The number of benzene rings is 2. The third-order valence-corrected chi connectivity index (χ3v) is 5.13.